The zero-order chi connectivity index (χ0) is 41.0. The van der Waals surface area contributed by atoms with Gasteiger partial charge in [-0.1, -0.05) is 132 Å². The second-order valence-electron chi connectivity index (χ2n) is 19.1. The van der Waals surface area contributed by atoms with Gasteiger partial charge in [0.2, 0.25) is 0 Å². The molecule has 0 radical (unpaired) electrons. The van der Waals surface area contributed by atoms with Gasteiger partial charge in [-0.25, -0.2) is 0 Å². The highest BCUT2D eigenvalue weighted by atomic mass is 16.7. The predicted molar refractivity (Wildman–Crippen MR) is 231 cm³/mol. The molecule has 3 atom stereocenters. The number of carbonyl (C=O) groups is 2. The van der Waals surface area contributed by atoms with Crippen molar-refractivity contribution in [3.63, 3.8) is 0 Å². The standard InChI is InChI=1S/C48H91NO7/c1-39(2)25-27-43(41(5)6)36-53-46(50)23-19-15-11-9-13-17-21-29-48(55-38-45(56-48)35-49-31-33-52-34-32-49)30-22-18-14-10-12-16-20-24-47(51)54-37-44(42(7)8)28-26-40(3)4/h39-45H,9-38H2,1-8H3. The third-order valence-corrected chi connectivity index (χ3v) is 12.4. The first-order chi connectivity index (χ1) is 26.9. The zero-order valence-corrected chi connectivity index (χ0v) is 38.1. The topological polar surface area (TPSA) is 83.5 Å². The molecule has 0 aromatic rings. The molecule has 2 heterocycles. The molecule has 0 amide bonds. The highest BCUT2D eigenvalue weighted by molar-refractivity contribution is 5.69. The lowest BCUT2D eigenvalue weighted by atomic mass is 9.89. The molecule has 3 unspecified atom stereocenters. The lowest BCUT2D eigenvalue weighted by Gasteiger charge is -2.31. The van der Waals surface area contributed by atoms with E-state index < -0.39 is 5.79 Å². The Morgan fingerprint density at radius 3 is 1.41 bits per heavy atom. The third-order valence-electron chi connectivity index (χ3n) is 12.4. The van der Waals surface area contributed by atoms with E-state index in [2.05, 4.69) is 60.3 Å². The van der Waals surface area contributed by atoms with Crippen LogP contribution in [0.25, 0.3) is 0 Å². The predicted octanol–water partition coefficient (Wildman–Crippen LogP) is 12.0. The van der Waals surface area contributed by atoms with Gasteiger partial charge < -0.3 is 23.7 Å². The van der Waals surface area contributed by atoms with Crippen LogP contribution in [0.4, 0.5) is 0 Å². The van der Waals surface area contributed by atoms with E-state index in [0.29, 0.717) is 68.2 Å². The van der Waals surface area contributed by atoms with E-state index in [0.717, 1.165) is 97.1 Å². The first-order valence-corrected chi connectivity index (χ1v) is 23.8. The van der Waals surface area contributed by atoms with Crippen LogP contribution in [0.15, 0.2) is 0 Å². The van der Waals surface area contributed by atoms with E-state index in [1.807, 2.05) is 0 Å². The Bertz CT molecular complexity index is 921. The average Bonchev–Trinajstić information content (AvgIpc) is 3.55. The van der Waals surface area contributed by atoms with Gasteiger partial charge in [-0.05, 0) is 74.0 Å². The summed E-state index contributed by atoms with van der Waals surface area (Å²) in [5, 5.41) is 0. The van der Waals surface area contributed by atoms with E-state index in [4.69, 9.17) is 23.7 Å². The maximum Gasteiger partial charge on any atom is 0.305 e. The van der Waals surface area contributed by atoms with Gasteiger partial charge in [-0.2, -0.15) is 0 Å². The molecule has 8 heteroatoms. The van der Waals surface area contributed by atoms with Gasteiger partial charge in [0, 0.05) is 45.3 Å². The van der Waals surface area contributed by atoms with Crippen molar-refractivity contribution in [3.05, 3.63) is 0 Å². The second-order valence-corrected chi connectivity index (χ2v) is 19.1. The maximum absolute atomic E-state index is 12.4. The van der Waals surface area contributed by atoms with E-state index in [1.54, 1.807) is 0 Å². The van der Waals surface area contributed by atoms with Crippen molar-refractivity contribution in [1.82, 2.24) is 4.90 Å². The number of hydrogen-bond acceptors (Lipinski definition) is 8. The smallest absolute Gasteiger partial charge is 0.305 e. The summed E-state index contributed by atoms with van der Waals surface area (Å²) in [7, 11) is 0. The van der Waals surface area contributed by atoms with Crippen molar-refractivity contribution < 1.29 is 33.3 Å². The van der Waals surface area contributed by atoms with Crippen molar-refractivity contribution in [2.45, 2.75) is 209 Å². The molecule has 56 heavy (non-hydrogen) atoms. The van der Waals surface area contributed by atoms with E-state index in [9.17, 15) is 9.59 Å². The van der Waals surface area contributed by atoms with Crippen LogP contribution in [0.2, 0.25) is 0 Å². The van der Waals surface area contributed by atoms with Crippen LogP contribution in [0.5, 0.6) is 0 Å². The van der Waals surface area contributed by atoms with Crippen LogP contribution in [-0.4, -0.2) is 81.4 Å². The number of nitrogens with zero attached hydrogens (tertiary/aromatic N) is 1. The van der Waals surface area contributed by atoms with Gasteiger partial charge in [0.15, 0.2) is 5.79 Å². The molecule has 2 aliphatic rings. The summed E-state index contributed by atoms with van der Waals surface area (Å²) in [6.07, 6.45) is 23.8. The molecule has 8 nitrogen and oxygen atoms in total. The highest BCUT2D eigenvalue weighted by Crippen LogP contribution is 2.35. The van der Waals surface area contributed by atoms with Crippen LogP contribution < -0.4 is 0 Å². The van der Waals surface area contributed by atoms with E-state index in [-0.39, 0.29) is 18.0 Å². The number of unbranched alkanes of at least 4 members (excludes halogenated alkanes) is 12. The first-order valence-electron chi connectivity index (χ1n) is 23.8. The lowest BCUT2D eigenvalue weighted by molar-refractivity contribution is -0.181. The summed E-state index contributed by atoms with van der Waals surface area (Å²) in [4.78, 5) is 27.2. The quantitative estimate of drug-likeness (QED) is 0.0470. The number of rotatable bonds is 34. The molecular formula is C48H91NO7. The first kappa shape index (κ1) is 50.9. The summed E-state index contributed by atoms with van der Waals surface area (Å²) in [6.45, 7) is 24.3. The fraction of sp³-hybridized carbons (Fsp3) is 0.958. The molecule has 0 aromatic carbocycles. The summed E-state index contributed by atoms with van der Waals surface area (Å²) in [5.41, 5.74) is 0. The Morgan fingerprint density at radius 2 is 1.00 bits per heavy atom. The van der Waals surface area contributed by atoms with Crippen LogP contribution >= 0.6 is 0 Å². The fourth-order valence-corrected chi connectivity index (χ4v) is 8.12. The van der Waals surface area contributed by atoms with Crippen LogP contribution in [-0.2, 0) is 33.3 Å². The Morgan fingerprint density at radius 1 is 0.589 bits per heavy atom. The van der Waals surface area contributed by atoms with Crippen molar-refractivity contribution in [2.24, 2.45) is 35.5 Å². The van der Waals surface area contributed by atoms with Crippen LogP contribution in [0, 0.1) is 35.5 Å². The number of carbonyl (C=O) groups excluding carboxylic acids is 2. The Balaban J connectivity index is 1.60. The van der Waals surface area contributed by atoms with Gasteiger partial charge >= 0.3 is 11.9 Å². The molecule has 0 N–H and O–H groups in total. The zero-order valence-electron chi connectivity index (χ0n) is 38.1. The van der Waals surface area contributed by atoms with Crippen molar-refractivity contribution in [1.29, 1.82) is 0 Å². The van der Waals surface area contributed by atoms with Gasteiger partial charge in [0.1, 0.15) is 0 Å². The largest absolute Gasteiger partial charge is 0.465 e. The molecule has 2 aliphatic heterocycles. The minimum absolute atomic E-state index is 0.0223. The Kier molecular flexibility index (Phi) is 28.0. The highest BCUT2D eigenvalue weighted by Gasteiger charge is 2.41. The summed E-state index contributed by atoms with van der Waals surface area (Å²) < 4.78 is 30.2. The Hall–Kier alpha value is -1.22. The van der Waals surface area contributed by atoms with Crippen molar-refractivity contribution in [3.8, 4) is 0 Å². The molecule has 0 saturated carbocycles. The molecule has 0 spiro atoms. The minimum Gasteiger partial charge on any atom is -0.465 e. The number of hydrogen-bond donors (Lipinski definition) is 0. The number of morpholine rings is 1. The lowest BCUT2D eigenvalue weighted by Crippen LogP contribution is -2.42. The van der Waals surface area contributed by atoms with Gasteiger partial charge in [0.05, 0.1) is 39.1 Å². The minimum atomic E-state index is -0.440. The number of esters is 2. The van der Waals surface area contributed by atoms with Gasteiger partial charge in [-0.3, -0.25) is 14.5 Å². The summed E-state index contributed by atoms with van der Waals surface area (Å²) in [5.74, 6) is 2.92. The van der Waals surface area contributed by atoms with E-state index >= 15 is 0 Å². The van der Waals surface area contributed by atoms with E-state index in [1.165, 1.54) is 64.2 Å². The fourth-order valence-electron chi connectivity index (χ4n) is 8.12. The van der Waals surface area contributed by atoms with Crippen LogP contribution in [0.3, 0.4) is 0 Å². The number of ether oxygens (including phenoxy) is 5. The molecular weight excluding hydrogens is 703 g/mol. The average molecular weight is 794 g/mol. The van der Waals surface area contributed by atoms with Crippen molar-refractivity contribution in [2.75, 3.05) is 52.7 Å². The molecule has 0 aromatic heterocycles. The second kappa shape index (κ2) is 30.8. The van der Waals surface area contributed by atoms with Gasteiger partial charge in [-0.15, -0.1) is 0 Å². The summed E-state index contributed by atoms with van der Waals surface area (Å²) >= 11 is 0. The summed E-state index contributed by atoms with van der Waals surface area (Å²) in [6, 6.07) is 0. The molecule has 2 rings (SSSR count). The third kappa shape index (κ3) is 24.6. The molecule has 330 valence electrons. The normalized spacial score (nSPS) is 20.4. The van der Waals surface area contributed by atoms with Gasteiger partial charge in [0.25, 0.3) is 0 Å². The molecule has 2 saturated heterocycles. The van der Waals surface area contributed by atoms with Crippen LogP contribution in [0.1, 0.15) is 197 Å². The molecule has 2 fully saturated rings. The molecule has 0 aliphatic carbocycles. The monoisotopic (exact) mass is 794 g/mol. The van der Waals surface area contributed by atoms with Crippen molar-refractivity contribution >= 4 is 11.9 Å². The molecule has 0 bridgehead atoms. The Labute approximate surface area is 346 Å². The SMILES string of the molecule is CC(C)CCC(COC(=O)CCCCCCCCCC1(CCCCCCCCCC(=O)OCC(CCC(C)C)C(C)C)OCC(CN2CCOCC2)O1)C(C)C. The maximum atomic E-state index is 12.4.